The molecule has 1 aliphatic rings. The van der Waals surface area contributed by atoms with E-state index in [0.717, 1.165) is 0 Å². The number of nitrogens with zero attached hydrogens (tertiary/aromatic N) is 3. The summed E-state index contributed by atoms with van der Waals surface area (Å²) in [5, 5.41) is 11.5. The zero-order chi connectivity index (χ0) is 14.9. The molecule has 1 aliphatic carbocycles. The summed E-state index contributed by atoms with van der Waals surface area (Å²) >= 11 is 0. The quantitative estimate of drug-likeness (QED) is 0.863. The largest absolute Gasteiger partial charge is 0.480 e. The summed E-state index contributed by atoms with van der Waals surface area (Å²) in [5.74, 6) is -1.09. The number of carboxylic acid groups (broad SMARTS) is 1. The van der Waals surface area contributed by atoms with Gasteiger partial charge in [-0.1, -0.05) is 6.07 Å². The van der Waals surface area contributed by atoms with Crippen molar-refractivity contribution in [2.45, 2.75) is 18.4 Å². The number of nitrogens with one attached hydrogen (secondary N) is 1. The smallest absolute Gasteiger partial charge is 0.329 e. The second-order valence-corrected chi connectivity index (χ2v) is 4.85. The lowest BCUT2D eigenvalue weighted by atomic mass is 10.2. The number of carbonyl (C=O) groups is 2. The maximum absolute atomic E-state index is 12.0. The number of hydrogen-bond acceptors (Lipinski definition) is 5. The van der Waals surface area contributed by atoms with Gasteiger partial charge in [-0.2, -0.15) is 0 Å². The molecule has 2 heterocycles. The van der Waals surface area contributed by atoms with Gasteiger partial charge in [0.25, 0.3) is 5.91 Å². The van der Waals surface area contributed by atoms with Crippen LogP contribution in [-0.4, -0.2) is 37.5 Å². The van der Waals surface area contributed by atoms with Gasteiger partial charge < -0.3 is 10.4 Å². The van der Waals surface area contributed by atoms with Crippen molar-refractivity contribution >= 4 is 11.9 Å². The van der Waals surface area contributed by atoms with Crippen LogP contribution < -0.4 is 5.32 Å². The second-order valence-electron chi connectivity index (χ2n) is 4.85. The fraction of sp³-hybridized carbons (Fsp3) is 0.214. The van der Waals surface area contributed by atoms with Gasteiger partial charge in [0.15, 0.2) is 5.82 Å². The lowest BCUT2D eigenvalue weighted by molar-refractivity contribution is -0.140. The third-order valence-corrected chi connectivity index (χ3v) is 3.32. The summed E-state index contributed by atoms with van der Waals surface area (Å²) in [6, 6.07) is 5.36. The molecule has 0 aromatic carbocycles. The lowest BCUT2D eigenvalue weighted by Crippen LogP contribution is -2.43. The highest BCUT2D eigenvalue weighted by Gasteiger charge is 2.51. The van der Waals surface area contributed by atoms with Crippen molar-refractivity contribution in [3.8, 4) is 11.5 Å². The van der Waals surface area contributed by atoms with Gasteiger partial charge in [-0.05, 0) is 25.0 Å². The van der Waals surface area contributed by atoms with Crippen LogP contribution in [-0.2, 0) is 4.79 Å². The Morgan fingerprint density at radius 2 is 1.86 bits per heavy atom. The molecule has 0 saturated heterocycles. The first-order valence-corrected chi connectivity index (χ1v) is 6.40. The van der Waals surface area contributed by atoms with Crippen molar-refractivity contribution in [3.05, 3.63) is 42.4 Å². The van der Waals surface area contributed by atoms with Crippen molar-refractivity contribution in [1.29, 1.82) is 0 Å². The number of carboxylic acids is 1. The summed E-state index contributed by atoms with van der Waals surface area (Å²) in [5.41, 5.74) is -0.285. The summed E-state index contributed by atoms with van der Waals surface area (Å²) < 4.78 is 0. The Morgan fingerprint density at radius 1 is 1.14 bits per heavy atom. The third-order valence-electron chi connectivity index (χ3n) is 3.32. The van der Waals surface area contributed by atoms with E-state index in [2.05, 4.69) is 20.3 Å². The molecule has 1 saturated carbocycles. The first-order valence-electron chi connectivity index (χ1n) is 6.40. The Balaban J connectivity index is 1.75. The zero-order valence-corrected chi connectivity index (χ0v) is 11.0. The van der Waals surface area contributed by atoms with Gasteiger partial charge in [0.2, 0.25) is 0 Å². The number of rotatable bonds is 4. The van der Waals surface area contributed by atoms with E-state index < -0.39 is 17.4 Å². The average molecular weight is 284 g/mol. The highest BCUT2D eigenvalue weighted by atomic mass is 16.4. The fourth-order valence-corrected chi connectivity index (χ4v) is 1.88. The Hall–Kier alpha value is -2.83. The van der Waals surface area contributed by atoms with Crippen LogP contribution in [0.4, 0.5) is 0 Å². The van der Waals surface area contributed by atoms with Crippen molar-refractivity contribution < 1.29 is 14.7 Å². The van der Waals surface area contributed by atoms with Crippen molar-refractivity contribution in [2.75, 3.05) is 0 Å². The number of carbonyl (C=O) groups excluding carboxylic acids is 1. The molecule has 0 aliphatic heterocycles. The predicted octanol–water partition coefficient (Wildman–Crippen LogP) is 0.886. The van der Waals surface area contributed by atoms with Crippen LogP contribution in [0.3, 0.4) is 0 Å². The average Bonchev–Trinajstić information content (AvgIpc) is 3.29. The molecule has 0 bridgehead atoms. The molecule has 0 radical (unpaired) electrons. The van der Waals surface area contributed by atoms with E-state index in [4.69, 9.17) is 5.11 Å². The van der Waals surface area contributed by atoms with Crippen LogP contribution in [0.2, 0.25) is 0 Å². The van der Waals surface area contributed by atoms with Gasteiger partial charge >= 0.3 is 5.97 Å². The minimum absolute atomic E-state index is 0.224. The van der Waals surface area contributed by atoms with Gasteiger partial charge in [0.1, 0.15) is 11.2 Å². The molecule has 7 nitrogen and oxygen atoms in total. The minimum Gasteiger partial charge on any atom is -0.480 e. The molecule has 106 valence electrons. The molecule has 2 N–H and O–H groups in total. The molecule has 7 heteroatoms. The summed E-state index contributed by atoms with van der Waals surface area (Å²) in [7, 11) is 0. The van der Waals surface area contributed by atoms with Crippen LogP contribution in [0, 0.1) is 0 Å². The third kappa shape index (κ3) is 2.58. The number of amides is 1. The van der Waals surface area contributed by atoms with E-state index in [9.17, 15) is 9.59 Å². The van der Waals surface area contributed by atoms with Crippen LogP contribution in [0.15, 0.2) is 36.8 Å². The van der Waals surface area contributed by atoms with Gasteiger partial charge in [-0.3, -0.25) is 9.78 Å². The highest BCUT2D eigenvalue weighted by molar-refractivity contribution is 5.98. The van der Waals surface area contributed by atoms with Gasteiger partial charge in [-0.15, -0.1) is 0 Å². The van der Waals surface area contributed by atoms with Crippen LogP contribution >= 0.6 is 0 Å². The molecule has 1 amide bonds. The summed E-state index contributed by atoms with van der Waals surface area (Å²) in [6.07, 6.45) is 5.25. The Kier molecular flexibility index (Phi) is 3.09. The topological polar surface area (TPSA) is 105 Å². The molecule has 21 heavy (non-hydrogen) atoms. The lowest BCUT2D eigenvalue weighted by Gasteiger charge is -2.11. The summed E-state index contributed by atoms with van der Waals surface area (Å²) in [6.45, 7) is 0. The number of aliphatic carboxylic acids is 1. The van der Waals surface area contributed by atoms with Gasteiger partial charge in [-0.25, -0.2) is 14.8 Å². The standard InChI is InChI=1S/C14H12N4O3/c19-12(18-14(4-5-14)13(20)21)9-7-16-11(17-8-9)10-3-1-2-6-15-10/h1-3,6-8H,4-5H2,(H,18,19)(H,20,21). The number of pyridine rings is 1. The van der Waals surface area contributed by atoms with E-state index in [1.165, 1.54) is 12.4 Å². The van der Waals surface area contributed by atoms with Crippen molar-refractivity contribution in [2.24, 2.45) is 0 Å². The van der Waals surface area contributed by atoms with E-state index in [1.54, 1.807) is 18.3 Å². The monoisotopic (exact) mass is 284 g/mol. The van der Waals surface area contributed by atoms with Crippen LogP contribution in [0.1, 0.15) is 23.2 Å². The SMILES string of the molecule is O=C(NC1(C(=O)O)CC1)c1cnc(-c2ccccn2)nc1. The van der Waals surface area contributed by atoms with E-state index in [0.29, 0.717) is 24.4 Å². The zero-order valence-electron chi connectivity index (χ0n) is 11.0. The molecule has 2 aromatic heterocycles. The molecular weight excluding hydrogens is 272 g/mol. The highest BCUT2D eigenvalue weighted by Crippen LogP contribution is 2.35. The van der Waals surface area contributed by atoms with E-state index in [-0.39, 0.29) is 5.56 Å². The molecule has 3 rings (SSSR count). The Bertz CT molecular complexity index is 681. The maximum Gasteiger partial charge on any atom is 0.329 e. The van der Waals surface area contributed by atoms with Crippen LogP contribution in [0.25, 0.3) is 11.5 Å². The Morgan fingerprint density at radius 3 is 2.38 bits per heavy atom. The molecule has 2 aromatic rings. The van der Waals surface area contributed by atoms with Crippen molar-refractivity contribution in [1.82, 2.24) is 20.3 Å². The molecule has 0 spiro atoms. The van der Waals surface area contributed by atoms with Crippen molar-refractivity contribution in [3.63, 3.8) is 0 Å². The maximum atomic E-state index is 12.0. The van der Waals surface area contributed by atoms with Crippen LogP contribution in [0.5, 0.6) is 0 Å². The number of aromatic nitrogens is 3. The fourth-order valence-electron chi connectivity index (χ4n) is 1.88. The first-order chi connectivity index (χ1) is 10.1. The summed E-state index contributed by atoms with van der Waals surface area (Å²) in [4.78, 5) is 35.3. The second kappa shape index (κ2) is 4.93. The predicted molar refractivity (Wildman–Crippen MR) is 72.3 cm³/mol. The first kappa shape index (κ1) is 13.2. The minimum atomic E-state index is -1.11. The molecule has 0 unspecified atom stereocenters. The molecule has 0 atom stereocenters. The Labute approximate surface area is 120 Å². The normalized spacial score (nSPS) is 15.2. The van der Waals surface area contributed by atoms with E-state index in [1.807, 2.05) is 6.07 Å². The molecular formula is C14H12N4O3. The molecule has 1 fully saturated rings. The van der Waals surface area contributed by atoms with Gasteiger partial charge in [0.05, 0.1) is 5.56 Å². The number of hydrogen-bond donors (Lipinski definition) is 2. The van der Waals surface area contributed by atoms with Gasteiger partial charge in [0, 0.05) is 18.6 Å². The van der Waals surface area contributed by atoms with E-state index >= 15 is 0 Å².